The SMILES string of the molecule is C.C#CCNC(=O)[C@@H](CCCCC[C@H](O)CCCCCC)O[Si](C)(C)C(C)(C)C.CCCCCC[C@@H](O)CCCCC[C@@H](O[Si](C)(C)C(C)(C)C)C(=O)N1C(=O)OC[C@H]1Cc1ccccc1. The molecule has 3 amide bonds. The number of benzene rings is 1. The lowest BCUT2D eigenvalue weighted by molar-refractivity contribution is -0.137. The van der Waals surface area contributed by atoms with Crippen LogP contribution in [-0.2, 0) is 29.6 Å². The number of carbonyl (C=O) groups is 3. The molecule has 3 N–H and O–H groups in total. The molecule has 1 aliphatic heterocycles. The molecule has 1 heterocycles. The van der Waals surface area contributed by atoms with E-state index in [9.17, 15) is 24.6 Å². The van der Waals surface area contributed by atoms with Gasteiger partial charge in [-0.15, -0.1) is 6.42 Å². The zero-order valence-corrected chi connectivity index (χ0v) is 45.4. The highest BCUT2D eigenvalue weighted by atomic mass is 28.4. The van der Waals surface area contributed by atoms with Crippen molar-refractivity contribution in [2.24, 2.45) is 0 Å². The number of cyclic esters (lactones) is 1. The van der Waals surface area contributed by atoms with Crippen LogP contribution in [0.2, 0.25) is 36.3 Å². The molecule has 0 radical (unpaired) electrons. The van der Waals surface area contributed by atoms with Crippen LogP contribution in [0.5, 0.6) is 0 Å². The normalized spacial score (nSPS) is 16.2. The quantitative estimate of drug-likeness (QED) is 0.0380. The second-order valence-electron chi connectivity index (χ2n) is 21.6. The van der Waals surface area contributed by atoms with Gasteiger partial charge in [-0.2, -0.15) is 0 Å². The third kappa shape index (κ3) is 25.2. The molecule has 0 aromatic heterocycles. The summed E-state index contributed by atoms with van der Waals surface area (Å²) >= 11 is 0. The summed E-state index contributed by atoms with van der Waals surface area (Å²) in [6.07, 6.45) is 23.6. The molecule has 1 aromatic carbocycles. The van der Waals surface area contributed by atoms with Gasteiger partial charge in [0.25, 0.3) is 5.91 Å². The molecule has 2 rings (SSSR count). The van der Waals surface area contributed by atoms with Crippen molar-refractivity contribution >= 4 is 34.5 Å². The number of nitrogens with zero attached hydrogens (tertiary/aromatic N) is 1. The molecule has 66 heavy (non-hydrogen) atoms. The average molecular weight is 962 g/mol. The number of carbonyl (C=O) groups excluding carboxylic acids is 3. The molecule has 12 heteroatoms. The van der Waals surface area contributed by atoms with Crippen molar-refractivity contribution in [1.82, 2.24) is 10.2 Å². The summed E-state index contributed by atoms with van der Waals surface area (Å²) in [5, 5.41) is 23.1. The van der Waals surface area contributed by atoms with E-state index in [-0.39, 0.29) is 60.7 Å². The molecule has 1 saturated heterocycles. The molecule has 5 atom stereocenters. The Morgan fingerprint density at radius 3 is 1.56 bits per heavy atom. The first-order chi connectivity index (χ1) is 30.5. The van der Waals surface area contributed by atoms with Gasteiger partial charge in [-0.1, -0.05) is 189 Å². The fourth-order valence-corrected chi connectivity index (χ4v) is 9.96. The van der Waals surface area contributed by atoms with E-state index in [0.29, 0.717) is 19.3 Å². The van der Waals surface area contributed by atoms with Crippen LogP contribution in [0.15, 0.2) is 30.3 Å². The maximum Gasteiger partial charge on any atom is 0.417 e. The number of terminal acetylenes is 1. The summed E-state index contributed by atoms with van der Waals surface area (Å²) in [5.41, 5.74) is 1.07. The molecule has 10 nitrogen and oxygen atoms in total. The number of imide groups is 1. The number of ether oxygens (including phenoxy) is 1. The van der Waals surface area contributed by atoms with Crippen LogP contribution in [-0.4, -0.2) is 93.3 Å². The van der Waals surface area contributed by atoms with Gasteiger partial charge in [0.15, 0.2) is 16.6 Å². The third-order valence-corrected chi connectivity index (χ3v) is 22.7. The second kappa shape index (κ2) is 33.1. The van der Waals surface area contributed by atoms with Crippen LogP contribution in [0, 0.1) is 12.3 Å². The van der Waals surface area contributed by atoms with Crippen molar-refractivity contribution in [3.8, 4) is 12.3 Å². The maximum absolute atomic E-state index is 13.8. The van der Waals surface area contributed by atoms with Crippen LogP contribution in [0.25, 0.3) is 0 Å². The van der Waals surface area contributed by atoms with Crippen molar-refractivity contribution in [3.63, 3.8) is 0 Å². The first-order valence-electron chi connectivity index (χ1n) is 25.5. The minimum absolute atomic E-state index is 0. The Labute approximate surface area is 407 Å². The molecule has 1 fully saturated rings. The van der Waals surface area contributed by atoms with E-state index in [2.05, 4.69) is 92.8 Å². The summed E-state index contributed by atoms with van der Waals surface area (Å²) in [6, 6.07) is 9.57. The van der Waals surface area contributed by atoms with Gasteiger partial charge in [0.2, 0.25) is 5.91 Å². The molecule has 1 aliphatic rings. The zero-order valence-electron chi connectivity index (χ0n) is 43.4. The van der Waals surface area contributed by atoms with Gasteiger partial charge in [-0.05, 0) is 86.8 Å². The van der Waals surface area contributed by atoms with E-state index >= 15 is 0 Å². The standard InChI is InChI=1S/C30H51NO5Si.C23H45NO3Si.CH4/c1-7-8-9-14-19-26(32)20-15-11-16-21-27(36-37(5,6)30(2,3)4)28(33)31-25(23-35-29(31)34)22-24-17-12-10-13-18-24;1-8-10-11-13-16-20(25)17-14-12-15-18-21(22(26)24-19-9-2)27-28(6,7)23(3,4)5;/h10,12-13,17-18,25-27,32H,7-9,11,14-16,19-23H2,1-6H3;2,20-21,25H,8,10-19H2,1,3-7H3,(H,24,26);1H4/t25-,26-,27-;20-,21-;/m11./s1. The van der Waals surface area contributed by atoms with Gasteiger partial charge in [0.1, 0.15) is 18.8 Å². The van der Waals surface area contributed by atoms with Crippen LogP contribution >= 0.6 is 0 Å². The number of amides is 3. The highest BCUT2D eigenvalue weighted by Crippen LogP contribution is 2.39. The monoisotopic (exact) mass is 961 g/mol. The number of nitrogens with one attached hydrogen (secondary N) is 1. The summed E-state index contributed by atoms with van der Waals surface area (Å²) in [5.74, 6) is 2.08. The van der Waals surface area contributed by atoms with Crippen molar-refractivity contribution in [2.45, 2.75) is 264 Å². The molecule has 382 valence electrons. The van der Waals surface area contributed by atoms with Crippen LogP contribution in [0.3, 0.4) is 0 Å². The minimum Gasteiger partial charge on any atom is -0.447 e. The molecular weight excluding hydrogens is 861 g/mol. The van der Waals surface area contributed by atoms with E-state index in [4.69, 9.17) is 20.0 Å². The van der Waals surface area contributed by atoms with Crippen molar-refractivity contribution in [2.75, 3.05) is 13.2 Å². The first kappa shape index (κ1) is 63.5. The molecule has 0 bridgehead atoms. The Morgan fingerprint density at radius 2 is 1.14 bits per heavy atom. The second-order valence-corrected chi connectivity index (χ2v) is 31.1. The molecule has 0 aliphatic carbocycles. The van der Waals surface area contributed by atoms with Crippen LogP contribution in [0.1, 0.15) is 197 Å². The summed E-state index contributed by atoms with van der Waals surface area (Å²) in [6.45, 7) is 26.5. The smallest absolute Gasteiger partial charge is 0.417 e. The number of hydrogen-bond donors (Lipinski definition) is 3. The van der Waals surface area contributed by atoms with Gasteiger partial charge >= 0.3 is 6.09 Å². The number of rotatable bonds is 31. The maximum atomic E-state index is 13.8. The van der Waals surface area contributed by atoms with Crippen molar-refractivity contribution in [1.29, 1.82) is 0 Å². The van der Waals surface area contributed by atoms with E-state index in [1.807, 2.05) is 30.3 Å². The predicted molar refractivity (Wildman–Crippen MR) is 281 cm³/mol. The fourth-order valence-electron chi connectivity index (χ4n) is 7.39. The number of hydrogen-bond acceptors (Lipinski definition) is 8. The molecule has 0 unspecified atom stereocenters. The highest BCUT2D eigenvalue weighted by molar-refractivity contribution is 6.74. The van der Waals surface area contributed by atoms with Gasteiger partial charge < -0.3 is 29.1 Å². The summed E-state index contributed by atoms with van der Waals surface area (Å²) in [4.78, 5) is 40.3. The molecule has 1 aromatic rings. The van der Waals surface area contributed by atoms with Crippen molar-refractivity contribution < 1.29 is 38.2 Å². The summed E-state index contributed by atoms with van der Waals surface area (Å²) < 4.78 is 18.3. The number of aliphatic hydroxyl groups is 2. The Hall–Kier alpha value is -2.54. The largest absolute Gasteiger partial charge is 0.447 e. The minimum atomic E-state index is -2.25. The lowest BCUT2D eigenvalue weighted by Crippen LogP contribution is -2.52. The Kier molecular flexibility index (Phi) is 31.8. The lowest BCUT2D eigenvalue weighted by Gasteiger charge is -2.39. The Bertz CT molecular complexity index is 1500. The topological polar surface area (TPSA) is 135 Å². The fraction of sp³-hybridized carbons (Fsp3) is 0.796. The van der Waals surface area contributed by atoms with E-state index in [0.717, 1.165) is 82.6 Å². The van der Waals surface area contributed by atoms with Gasteiger partial charge in [0.05, 0.1) is 24.8 Å². The third-order valence-electron chi connectivity index (χ3n) is 13.7. The van der Waals surface area contributed by atoms with E-state index in [1.54, 1.807) is 0 Å². The van der Waals surface area contributed by atoms with Crippen LogP contribution < -0.4 is 5.32 Å². The van der Waals surface area contributed by atoms with Gasteiger partial charge in [-0.25, -0.2) is 9.69 Å². The van der Waals surface area contributed by atoms with E-state index < -0.39 is 34.9 Å². The molecule has 0 saturated carbocycles. The zero-order chi connectivity index (χ0) is 49.1. The first-order valence-corrected chi connectivity index (χ1v) is 31.3. The Balaban J connectivity index is 0.00000131. The summed E-state index contributed by atoms with van der Waals surface area (Å²) in [7, 11) is -4.28. The van der Waals surface area contributed by atoms with Crippen LogP contribution in [0.4, 0.5) is 4.79 Å². The average Bonchev–Trinajstić information content (AvgIpc) is 3.60. The molecule has 0 spiro atoms. The number of unbranched alkanes of at least 4 members (excludes halogenated alkanes) is 10. The van der Waals surface area contributed by atoms with Gasteiger partial charge in [0, 0.05) is 0 Å². The van der Waals surface area contributed by atoms with Gasteiger partial charge in [-0.3, -0.25) is 9.59 Å². The van der Waals surface area contributed by atoms with Crippen molar-refractivity contribution in [3.05, 3.63) is 35.9 Å². The molecular formula is C54H100N2O8Si2. The lowest BCUT2D eigenvalue weighted by atomic mass is 10.0. The Morgan fingerprint density at radius 1 is 0.727 bits per heavy atom. The highest BCUT2D eigenvalue weighted by Gasteiger charge is 2.46. The predicted octanol–water partition coefficient (Wildman–Crippen LogP) is 13.3. The van der Waals surface area contributed by atoms with E-state index in [1.165, 1.54) is 43.4 Å². The number of aliphatic hydroxyl groups excluding tert-OH is 2.